The van der Waals surface area contributed by atoms with E-state index < -0.39 is 0 Å². The standard InChI is InChI=1S/C24H24N2O3/c1-17-13-19-14-24(27)26(16-20-8-5-6-11-25-20)21-9-4-3-7-18(21)10-12-29-23(19)15-22(17)28-2/h3-9,11,13,15H,10,12,14,16H2,1-2H3. The lowest BCUT2D eigenvalue weighted by Gasteiger charge is -2.27. The van der Waals surface area contributed by atoms with E-state index in [1.807, 2.05) is 60.4 Å². The van der Waals surface area contributed by atoms with Crippen molar-refractivity contribution in [2.24, 2.45) is 0 Å². The van der Waals surface area contributed by atoms with Gasteiger partial charge in [0.2, 0.25) is 5.91 Å². The molecule has 1 amide bonds. The molecule has 0 spiro atoms. The van der Waals surface area contributed by atoms with Crippen LogP contribution in [0.15, 0.2) is 60.8 Å². The first kappa shape index (κ1) is 19.0. The Morgan fingerprint density at radius 3 is 2.72 bits per heavy atom. The summed E-state index contributed by atoms with van der Waals surface area (Å²) in [5, 5.41) is 0. The summed E-state index contributed by atoms with van der Waals surface area (Å²) in [5.74, 6) is 1.48. The second kappa shape index (κ2) is 8.35. The predicted molar refractivity (Wildman–Crippen MR) is 113 cm³/mol. The van der Waals surface area contributed by atoms with Crippen LogP contribution in [0.1, 0.15) is 22.4 Å². The van der Waals surface area contributed by atoms with E-state index in [1.54, 1.807) is 13.3 Å². The average Bonchev–Trinajstić information content (AvgIpc) is 2.74. The molecule has 1 aliphatic rings. The predicted octanol–water partition coefficient (Wildman–Crippen LogP) is 4.11. The number of hydrogen-bond acceptors (Lipinski definition) is 4. The van der Waals surface area contributed by atoms with Crippen LogP contribution in [0.3, 0.4) is 0 Å². The Morgan fingerprint density at radius 2 is 1.93 bits per heavy atom. The van der Waals surface area contributed by atoms with Crippen LogP contribution in [0.2, 0.25) is 0 Å². The molecule has 0 fully saturated rings. The maximum Gasteiger partial charge on any atom is 0.231 e. The van der Waals surface area contributed by atoms with Gasteiger partial charge in [-0.3, -0.25) is 9.78 Å². The van der Waals surface area contributed by atoms with Crippen LogP contribution in [-0.4, -0.2) is 24.6 Å². The zero-order chi connectivity index (χ0) is 20.2. The number of carbonyl (C=O) groups excluding carboxylic acids is 1. The van der Waals surface area contributed by atoms with Crippen molar-refractivity contribution in [3.63, 3.8) is 0 Å². The molecular formula is C24H24N2O3. The van der Waals surface area contributed by atoms with E-state index >= 15 is 0 Å². The van der Waals surface area contributed by atoms with Gasteiger partial charge in [0.05, 0.1) is 32.4 Å². The lowest BCUT2D eigenvalue weighted by molar-refractivity contribution is -0.118. The second-order valence-electron chi connectivity index (χ2n) is 7.13. The van der Waals surface area contributed by atoms with Gasteiger partial charge < -0.3 is 14.4 Å². The molecule has 29 heavy (non-hydrogen) atoms. The van der Waals surface area contributed by atoms with Gasteiger partial charge in [-0.05, 0) is 42.3 Å². The topological polar surface area (TPSA) is 51.7 Å². The largest absolute Gasteiger partial charge is 0.496 e. The first-order valence-corrected chi connectivity index (χ1v) is 9.74. The van der Waals surface area contributed by atoms with Crippen LogP contribution in [0.5, 0.6) is 11.5 Å². The van der Waals surface area contributed by atoms with Gasteiger partial charge in [0.1, 0.15) is 11.5 Å². The Bertz CT molecular complexity index is 1020. The van der Waals surface area contributed by atoms with Crippen molar-refractivity contribution >= 4 is 11.6 Å². The van der Waals surface area contributed by atoms with Gasteiger partial charge in [-0.25, -0.2) is 0 Å². The molecular weight excluding hydrogens is 364 g/mol. The summed E-state index contributed by atoms with van der Waals surface area (Å²) >= 11 is 0. The number of rotatable bonds is 3. The van der Waals surface area contributed by atoms with Crippen molar-refractivity contribution in [2.45, 2.75) is 26.3 Å². The lowest BCUT2D eigenvalue weighted by atomic mass is 10.0. The van der Waals surface area contributed by atoms with Crippen molar-refractivity contribution < 1.29 is 14.3 Å². The molecule has 0 unspecified atom stereocenters. The molecule has 4 rings (SSSR count). The van der Waals surface area contributed by atoms with Crippen LogP contribution < -0.4 is 14.4 Å². The number of fused-ring (bicyclic) bond motifs is 2. The SMILES string of the molecule is COc1cc2c(cc1C)CC(=O)N(Cc1ccccn1)c1ccccc1CCO2. The van der Waals surface area contributed by atoms with Gasteiger partial charge in [-0.15, -0.1) is 0 Å². The fraction of sp³-hybridized carbons (Fsp3) is 0.250. The van der Waals surface area contributed by atoms with Gasteiger partial charge >= 0.3 is 0 Å². The molecule has 0 saturated carbocycles. The number of hydrogen-bond donors (Lipinski definition) is 0. The zero-order valence-electron chi connectivity index (χ0n) is 16.7. The monoisotopic (exact) mass is 388 g/mol. The van der Waals surface area contributed by atoms with E-state index in [2.05, 4.69) is 11.1 Å². The normalized spacial score (nSPS) is 13.9. The van der Waals surface area contributed by atoms with Gasteiger partial charge in [-0.1, -0.05) is 24.3 Å². The van der Waals surface area contributed by atoms with Crippen LogP contribution in [-0.2, 0) is 24.2 Å². The third kappa shape index (κ3) is 4.09. The van der Waals surface area contributed by atoms with E-state index in [0.29, 0.717) is 25.3 Å². The Morgan fingerprint density at radius 1 is 1.10 bits per heavy atom. The molecule has 5 nitrogen and oxygen atoms in total. The third-order valence-electron chi connectivity index (χ3n) is 5.18. The van der Waals surface area contributed by atoms with E-state index in [4.69, 9.17) is 9.47 Å². The summed E-state index contributed by atoms with van der Waals surface area (Å²) in [5.41, 5.74) is 4.71. The third-order valence-corrected chi connectivity index (χ3v) is 5.18. The molecule has 2 aromatic carbocycles. The second-order valence-corrected chi connectivity index (χ2v) is 7.13. The highest BCUT2D eigenvalue weighted by Gasteiger charge is 2.23. The van der Waals surface area contributed by atoms with Crippen LogP contribution in [0, 0.1) is 6.92 Å². The number of benzene rings is 2. The number of ether oxygens (including phenoxy) is 2. The first-order valence-electron chi connectivity index (χ1n) is 9.74. The van der Waals surface area contributed by atoms with E-state index in [-0.39, 0.29) is 12.3 Å². The molecule has 2 heterocycles. The number of anilines is 1. The molecule has 0 N–H and O–H groups in total. The highest BCUT2D eigenvalue weighted by Crippen LogP contribution is 2.32. The number of aromatic nitrogens is 1. The number of aryl methyl sites for hydroxylation is 1. The summed E-state index contributed by atoms with van der Waals surface area (Å²) in [6.07, 6.45) is 2.71. The van der Waals surface area contributed by atoms with E-state index in [0.717, 1.165) is 33.8 Å². The minimum Gasteiger partial charge on any atom is -0.496 e. The minimum absolute atomic E-state index is 0.0134. The molecule has 0 saturated heterocycles. The number of para-hydroxylation sites is 1. The molecule has 0 aliphatic carbocycles. The smallest absolute Gasteiger partial charge is 0.231 e. The molecule has 3 aromatic rings. The Balaban J connectivity index is 1.75. The number of methoxy groups -OCH3 is 1. The van der Waals surface area contributed by atoms with Gasteiger partial charge in [-0.2, -0.15) is 0 Å². The number of pyridine rings is 1. The maximum atomic E-state index is 13.4. The highest BCUT2D eigenvalue weighted by molar-refractivity contribution is 5.95. The lowest BCUT2D eigenvalue weighted by Crippen LogP contribution is -2.33. The summed E-state index contributed by atoms with van der Waals surface area (Å²) in [6, 6.07) is 17.6. The minimum atomic E-state index is 0.0134. The summed E-state index contributed by atoms with van der Waals surface area (Å²) in [4.78, 5) is 19.7. The van der Waals surface area contributed by atoms with E-state index in [1.165, 1.54) is 0 Å². The van der Waals surface area contributed by atoms with Gasteiger partial charge in [0.15, 0.2) is 0 Å². The van der Waals surface area contributed by atoms with Gasteiger partial charge in [0, 0.05) is 29.9 Å². The Kier molecular flexibility index (Phi) is 5.47. The fourth-order valence-electron chi connectivity index (χ4n) is 3.70. The molecule has 0 atom stereocenters. The van der Waals surface area contributed by atoms with Crippen molar-refractivity contribution in [3.05, 3.63) is 83.2 Å². The molecule has 1 aromatic heterocycles. The van der Waals surface area contributed by atoms with Crippen LogP contribution >= 0.6 is 0 Å². The van der Waals surface area contributed by atoms with Crippen LogP contribution in [0.25, 0.3) is 0 Å². The quantitative estimate of drug-likeness (QED) is 0.678. The fourth-order valence-corrected chi connectivity index (χ4v) is 3.70. The van der Waals surface area contributed by atoms with Crippen LogP contribution in [0.4, 0.5) is 5.69 Å². The van der Waals surface area contributed by atoms with E-state index in [9.17, 15) is 4.79 Å². The summed E-state index contributed by atoms with van der Waals surface area (Å²) < 4.78 is 11.5. The molecule has 1 aliphatic heterocycles. The average molecular weight is 388 g/mol. The first-order chi connectivity index (χ1) is 14.2. The number of amides is 1. The zero-order valence-corrected chi connectivity index (χ0v) is 16.7. The molecule has 0 bridgehead atoms. The summed E-state index contributed by atoms with van der Waals surface area (Å²) in [7, 11) is 1.64. The summed E-state index contributed by atoms with van der Waals surface area (Å²) in [6.45, 7) is 2.94. The van der Waals surface area contributed by atoms with Gasteiger partial charge in [0.25, 0.3) is 0 Å². The Hall–Kier alpha value is -3.34. The number of carbonyl (C=O) groups is 1. The number of nitrogens with zero attached hydrogens (tertiary/aromatic N) is 2. The molecule has 148 valence electrons. The maximum absolute atomic E-state index is 13.4. The molecule has 5 heteroatoms. The van der Waals surface area contributed by atoms with Crippen molar-refractivity contribution in [3.8, 4) is 11.5 Å². The van der Waals surface area contributed by atoms with Crippen molar-refractivity contribution in [1.82, 2.24) is 4.98 Å². The van der Waals surface area contributed by atoms with Crippen molar-refractivity contribution in [2.75, 3.05) is 18.6 Å². The molecule has 0 radical (unpaired) electrons. The Labute approximate surface area is 170 Å². The highest BCUT2D eigenvalue weighted by atomic mass is 16.5. The van der Waals surface area contributed by atoms with Crippen molar-refractivity contribution in [1.29, 1.82) is 0 Å².